The van der Waals surface area contributed by atoms with E-state index < -0.39 is 0 Å². The second-order valence-corrected chi connectivity index (χ2v) is 8.76. The molecule has 0 aromatic carbocycles. The normalized spacial score (nSPS) is 17.9. The molecule has 3 rings (SSSR count). The fourth-order valence-electron chi connectivity index (χ4n) is 3.73. The van der Waals surface area contributed by atoms with Crippen LogP contribution < -0.4 is 10.9 Å². The van der Waals surface area contributed by atoms with Gasteiger partial charge in [-0.2, -0.15) is 0 Å². The van der Waals surface area contributed by atoms with Crippen LogP contribution in [0.4, 0.5) is 0 Å². The monoisotopic (exact) mass is 375 g/mol. The van der Waals surface area contributed by atoms with Crippen LogP contribution in [0.25, 0.3) is 10.2 Å². The molecule has 6 heteroatoms. The van der Waals surface area contributed by atoms with Gasteiger partial charge in [-0.1, -0.05) is 33.1 Å². The number of nitrogens with one attached hydrogen (secondary N) is 1. The summed E-state index contributed by atoms with van der Waals surface area (Å²) in [6, 6.07) is 0.136. The highest BCUT2D eigenvalue weighted by atomic mass is 32.1. The molecule has 142 valence electrons. The summed E-state index contributed by atoms with van der Waals surface area (Å²) < 4.78 is 1.46. The summed E-state index contributed by atoms with van der Waals surface area (Å²) in [5.41, 5.74) is 1.10. The smallest absolute Gasteiger partial charge is 0.262 e. The number of fused-ring (bicyclic) bond motifs is 3. The van der Waals surface area contributed by atoms with E-state index in [0.29, 0.717) is 5.92 Å². The van der Waals surface area contributed by atoms with E-state index in [1.807, 2.05) is 6.92 Å². The molecule has 26 heavy (non-hydrogen) atoms. The van der Waals surface area contributed by atoms with E-state index in [0.717, 1.165) is 42.3 Å². The molecule has 0 spiro atoms. The molecule has 1 N–H and O–H groups in total. The molecule has 0 saturated heterocycles. The number of unbranched alkanes of at least 4 members (excludes halogenated alkanes) is 2. The van der Waals surface area contributed by atoms with Crippen LogP contribution in [-0.4, -0.2) is 21.5 Å². The zero-order chi connectivity index (χ0) is 18.7. The highest BCUT2D eigenvalue weighted by molar-refractivity contribution is 7.18. The summed E-state index contributed by atoms with van der Waals surface area (Å²) >= 11 is 1.64. The van der Waals surface area contributed by atoms with Crippen molar-refractivity contribution in [2.75, 3.05) is 0 Å². The predicted octanol–water partition coefficient (Wildman–Crippen LogP) is 3.67. The minimum Gasteiger partial charge on any atom is -0.352 e. The number of aryl methyl sites for hydroxylation is 1. The zero-order valence-corrected chi connectivity index (χ0v) is 16.8. The topological polar surface area (TPSA) is 64.0 Å². The van der Waals surface area contributed by atoms with Crippen LogP contribution in [0.3, 0.4) is 0 Å². The van der Waals surface area contributed by atoms with Gasteiger partial charge >= 0.3 is 0 Å². The Bertz CT molecular complexity index is 839. The van der Waals surface area contributed by atoms with Gasteiger partial charge in [0.2, 0.25) is 5.91 Å². The Kier molecular flexibility index (Phi) is 6.12. The summed E-state index contributed by atoms with van der Waals surface area (Å²) in [6.45, 7) is 6.49. The lowest BCUT2D eigenvalue weighted by Gasteiger charge is -2.17. The minimum absolute atomic E-state index is 0.0426. The maximum atomic E-state index is 12.9. The Labute approximate surface area is 158 Å². The average Bonchev–Trinajstić information content (AvgIpc) is 2.95. The van der Waals surface area contributed by atoms with Gasteiger partial charge in [-0.05, 0) is 44.1 Å². The third-order valence-electron chi connectivity index (χ3n) is 5.24. The van der Waals surface area contributed by atoms with Gasteiger partial charge in [0.1, 0.15) is 11.4 Å². The largest absolute Gasteiger partial charge is 0.352 e. The van der Waals surface area contributed by atoms with Crippen molar-refractivity contribution in [1.29, 1.82) is 0 Å². The van der Waals surface area contributed by atoms with Crippen molar-refractivity contribution < 1.29 is 4.79 Å². The molecule has 2 aromatic heterocycles. The van der Waals surface area contributed by atoms with Gasteiger partial charge in [-0.3, -0.25) is 14.2 Å². The van der Waals surface area contributed by atoms with Crippen LogP contribution >= 0.6 is 11.3 Å². The summed E-state index contributed by atoms with van der Waals surface area (Å²) in [7, 11) is 0. The maximum absolute atomic E-state index is 12.9. The minimum atomic E-state index is -0.116. The van der Waals surface area contributed by atoms with Crippen LogP contribution in [-0.2, 0) is 24.2 Å². The maximum Gasteiger partial charge on any atom is 0.262 e. The van der Waals surface area contributed by atoms with Crippen LogP contribution in [0.15, 0.2) is 11.1 Å². The third-order valence-corrected chi connectivity index (χ3v) is 6.41. The lowest BCUT2D eigenvalue weighted by molar-refractivity contribution is -0.122. The lowest BCUT2D eigenvalue weighted by Crippen LogP contribution is -2.37. The predicted molar refractivity (Wildman–Crippen MR) is 107 cm³/mol. The number of thiophene rings is 1. The molecular weight excluding hydrogens is 346 g/mol. The van der Waals surface area contributed by atoms with Gasteiger partial charge in [0.15, 0.2) is 0 Å². The lowest BCUT2D eigenvalue weighted by atomic mass is 9.89. The number of nitrogens with zero attached hydrogens (tertiary/aromatic N) is 2. The molecule has 1 aliphatic carbocycles. The molecule has 2 heterocycles. The van der Waals surface area contributed by atoms with Crippen molar-refractivity contribution in [3.8, 4) is 0 Å². The van der Waals surface area contributed by atoms with Crippen LogP contribution in [0, 0.1) is 5.92 Å². The molecule has 2 aromatic rings. The molecule has 1 amide bonds. The van der Waals surface area contributed by atoms with Gasteiger partial charge in [-0.25, -0.2) is 4.98 Å². The van der Waals surface area contributed by atoms with Crippen molar-refractivity contribution >= 4 is 27.5 Å². The van der Waals surface area contributed by atoms with E-state index in [4.69, 9.17) is 0 Å². The molecule has 1 aliphatic rings. The number of rotatable bonds is 7. The molecule has 2 unspecified atom stereocenters. The Morgan fingerprint density at radius 3 is 3.04 bits per heavy atom. The van der Waals surface area contributed by atoms with E-state index in [9.17, 15) is 9.59 Å². The fourth-order valence-corrected chi connectivity index (χ4v) is 5.07. The summed E-state index contributed by atoms with van der Waals surface area (Å²) in [5, 5.41) is 3.74. The molecule has 5 nitrogen and oxygen atoms in total. The summed E-state index contributed by atoms with van der Waals surface area (Å²) in [4.78, 5) is 31.8. The first-order chi connectivity index (χ1) is 12.5. The fraction of sp³-hybridized carbons (Fsp3) is 0.650. The summed E-state index contributed by atoms with van der Waals surface area (Å²) in [5.74, 6) is 0.549. The summed E-state index contributed by atoms with van der Waals surface area (Å²) in [6.07, 6.45) is 9.06. The number of carbonyl (C=O) groups excluding carboxylic acids is 1. The van der Waals surface area contributed by atoms with Gasteiger partial charge in [0, 0.05) is 10.9 Å². The van der Waals surface area contributed by atoms with E-state index in [1.54, 1.807) is 11.3 Å². The van der Waals surface area contributed by atoms with Crippen molar-refractivity contribution in [3.63, 3.8) is 0 Å². The third kappa shape index (κ3) is 4.17. The zero-order valence-electron chi connectivity index (χ0n) is 16.0. The number of aromatic nitrogens is 2. The van der Waals surface area contributed by atoms with Gasteiger partial charge < -0.3 is 5.32 Å². The number of hydrogen-bond acceptors (Lipinski definition) is 4. The van der Waals surface area contributed by atoms with Gasteiger partial charge in [0.25, 0.3) is 5.56 Å². The molecular formula is C20H29N3O2S. The van der Waals surface area contributed by atoms with Crippen LogP contribution in [0.1, 0.15) is 63.3 Å². The Balaban J connectivity index is 1.74. The SMILES string of the molecule is CCCCCC(C)NC(=O)Cn1cnc2sc3c(c2c1=O)CCC(C)C3. The van der Waals surface area contributed by atoms with Crippen molar-refractivity contribution in [2.45, 2.75) is 78.3 Å². The van der Waals surface area contributed by atoms with E-state index in [2.05, 4.69) is 24.1 Å². The average molecular weight is 376 g/mol. The van der Waals surface area contributed by atoms with Gasteiger partial charge in [0.05, 0.1) is 11.7 Å². The van der Waals surface area contributed by atoms with E-state index >= 15 is 0 Å². The number of hydrogen-bond donors (Lipinski definition) is 1. The first kappa shape index (κ1) is 19.1. The van der Waals surface area contributed by atoms with Crippen molar-refractivity contribution in [1.82, 2.24) is 14.9 Å². The number of carbonyl (C=O) groups is 1. The van der Waals surface area contributed by atoms with Crippen molar-refractivity contribution in [3.05, 3.63) is 27.1 Å². The van der Waals surface area contributed by atoms with Crippen LogP contribution in [0.2, 0.25) is 0 Å². The second kappa shape index (κ2) is 8.33. The molecule has 0 bridgehead atoms. The molecule has 0 radical (unpaired) electrons. The molecule has 0 saturated carbocycles. The van der Waals surface area contributed by atoms with E-state index in [1.165, 1.54) is 34.2 Å². The Hall–Kier alpha value is -1.69. The van der Waals surface area contributed by atoms with Crippen molar-refractivity contribution in [2.24, 2.45) is 5.92 Å². The Morgan fingerprint density at radius 1 is 1.46 bits per heavy atom. The highest BCUT2D eigenvalue weighted by Crippen LogP contribution is 2.35. The van der Waals surface area contributed by atoms with Gasteiger partial charge in [-0.15, -0.1) is 11.3 Å². The molecule has 0 fully saturated rings. The highest BCUT2D eigenvalue weighted by Gasteiger charge is 2.23. The number of amides is 1. The van der Waals surface area contributed by atoms with E-state index in [-0.39, 0.29) is 24.1 Å². The first-order valence-corrected chi connectivity index (χ1v) is 10.6. The quantitative estimate of drug-likeness (QED) is 0.751. The standard InChI is InChI=1S/C20H29N3O2S/c1-4-5-6-7-14(3)22-17(24)11-23-12-21-19-18(20(23)25)15-9-8-13(2)10-16(15)26-19/h12-14H,4-11H2,1-3H3,(H,22,24). The second-order valence-electron chi connectivity index (χ2n) is 7.67. The molecule has 0 aliphatic heterocycles. The van der Waals surface area contributed by atoms with Crippen LogP contribution in [0.5, 0.6) is 0 Å². The Morgan fingerprint density at radius 2 is 2.27 bits per heavy atom. The molecule has 2 atom stereocenters. The first-order valence-electron chi connectivity index (χ1n) is 9.78.